The average Bonchev–Trinajstić information content (AvgIpc) is 2.32. The maximum Gasteiger partial charge on any atom is 0.404 e. The van der Waals surface area contributed by atoms with E-state index in [-0.39, 0.29) is 6.10 Å². The molecule has 0 saturated carbocycles. The summed E-state index contributed by atoms with van der Waals surface area (Å²) >= 11 is 0. The SMILES string of the molecule is NC(=O)OC1CCN(Cc2ccccc2)CC1. The van der Waals surface area contributed by atoms with E-state index in [2.05, 4.69) is 29.2 Å². The molecule has 0 bridgehead atoms. The first-order chi connectivity index (χ1) is 8.24. The van der Waals surface area contributed by atoms with Crippen molar-refractivity contribution in [3.05, 3.63) is 35.9 Å². The predicted molar refractivity (Wildman–Crippen MR) is 65.4 cm³/mol. The van der Waals surface area contributed by atoms with Crippen LogP contribution >= 0.6 is 0 Å². The van der Waals surface area contributed by atoms with Crippen molar-refractivity contribution in [3.63, 3.8) is 0 Å². The highest BCUT2D eigenvalue weighted by atomic mass is 16.6. The van der Waals surface area contributed by atoms with Gasteiger partial charge in [-0.1, -0.05) is 30.3 Å². The van der Waals surface area contributed by atoms with Gasteiger partial charge in [0.1, 0.15) is 6.10 Å². The van der Waals surface area contributed by atoms with Gasteiger partial charge in [-0.2, -0.15) is 0 Å². The average molecular weight is 234 g/mol. The second-order valence-corrected chi connectivity index (χ2v) is 4.40. The minimum absolute atomic E-state index is 0.000441. The van der Waals surface area contributed by atoms with Crippen LogP contribution in [-0.4, -0.2) is 30.2 Å². The summed E-state index contributed by atoms with van der Waals surface area (Å²) in [5, 5.41) is 0. The quantitative estimate of drug-likeness (QED) is 0.866. The normalized spacial score (nSPS) is 17.9. The number of ether oxygens (including phenoxy) is 1. The van der Waals surface area contributed by atoms with Gasteiger partial charge >= 0.3 is 6.09 Å². The third kappa shape index (κ3) is 3.75. The standard InChI is InChI=1S/C13H18N2O2/c14-13(16)17-12-6-8-15(9-7-12)10-11-4-2-1-3-5-11/h1-5,12H,6-10H2,(H2,14,16). The highest BCUT2D eigenvalue weighted by Gasteiger charge is 2.21. The molecule has 4 nitrogen and oxygen atoms in total. The van der Waals surface area contributed by atoms with E-state index in [0.29, 0.717) is 0 Å². The minimum Gasteiger partial charge on any atom is -0.446 e. The summed E-state index contributed by atoms with van der Waals surface area (Å²) in [4.78, 5) is 13.0. The summed E-state index contributed by atoms with van der Waals surface area (Å²) in [7, 11) is 0. The molecule has 1 aliphatic rings. The van der Waals surface area contributed by atoms with Crippen molar-refractivity contribution in [1.29, 1.82) is 0 Å². The number of likely N-dealkylation sites (tertiary alicyclic amines) is 1. The summed E-state index contributed by atoms with van der Waals surface area (Å²) in [5.41, 5.74) is 6.33. The lowest BCUT2D eigenvalue weighted by molar-refractivity contribution is 0.0541. The molecule has 4 heteroatoms. The van der Waals surface area contributed by atoms with Crippen LogP contribution in [0.1, 0.15) is 18.4 Å². The summed E-state index contributed by atoms with van der Waals surface area (Å²) in [5.74, 6) is 0. The number of hydrogen-bond donors (Lipinski definition) is 1. The molecule has 0 radical (unpaired) electrons. The van der Waals surface area contributed by atoms with E-state index in [1.165, 1.54) is 5.56 Å². The van der Waals surface area contributed by atoms with E-state index < -0.39 is 6.09 Å². The summed E-state index contributed by atoms with van der Waals surface area (Å²) in [6.45, 7) is 2.86. The molecule has 0 aromatic heterocycles. The van der Waals surface area contributed by atoms with E-state index in [1.807, 2.05) is 6.07 Å². The van der Waals surface area contributed by atoms with Crippen molar-refractivity contribution in [2.24, 2.45) is 5.73 Å². The first kappa shape index (κ1) is 11.9. The molecular weight excluding hydrogens is 216 g/mol. The zero-order valence-electron chi connectivity index (χ0n) is 9.84. The lowest BCUT2D eigenvalue weighted by Gasteiger charge is -2.31. The van der Waals surface area contributed by atoms with Gasteiger partial charge in [0.2, 0.25) is 0 Å². The van der Waals surface area contributed by atoms with Gasteiger partial charge in [-0.15, -0.1) is 0 Å². The molecule has 2 rings (SSSR count). The number of carbonyl (C=O) groups excluding carboxylic acids is 1. The number of benzene rings is 1. The fraction of sp³-hybridized carbons (Fsp3) is 0.462. The van der Waals surface area contributed by atoms with Gasteiger partial charge in [-0.05, 0) is 18.4 Å². The smallest absolute Gasteiger partial charge is 0.404 e. The van der Waals surface area contributed by atoms with Crippen molar-refractivity contribution in [2.75, 3.05) is 13.1 Å². The Morgan fingerprint density at radius 2 is 1.94 bits per heavy atom. The van der Waals surface area contributed by atoms with Crippen LogP contribution in [0.4, 0.5) is 4.79 Å². The second kappa shape index (κ2) is 5.68. The van der Waals surface area contributed by atoms with Gasteiger partial charge in [0.05, 0.1) is 0 Å². The highest BCUT2D eigenvalue weighted by molar-refractivity contribution is 5.64. The van der Waals surface area contributed by atoms with Crippen LogP contribution in [0.5, 0.6) is 0 Å². The van der Waals surface area contributed by atoms with Crippen molar-refractivity contribution in [3.8, 4) is 0 Å². The summed E-state index contributed by atoms with van der Waals surface area (Å²) in [6, 6.07) is 10.4. The summed E-state index contributed by atoms with van der Waals surface area (Å²) in [6.07, 6.45) is 1.08. The van der Waals surface area contributed by atoms with Crippen LogP contribution < -0.4 is 5.73 Å². The maximum atomic E-state index is 10.6. The van der Waals surface area contributed by atoms with Crippen LogP contribution in [0.2, 0.25) is 0 Å². The Balaban J connectivity index is 1.78. The molecule has 1 fully saturated rings. The van der Waals surface area contributed by atoms with Crippen LogP contribution in [-0.2, 0) is 11.3 Å². The van der Waals surface area contributed by atoms with Gasteiger partial charge in [0.25, 0.3) is 0 Å². The highest BCUT2D eigenvalue weighted by Crippen LogP contribution is 2.16. The van der Waals surface area contributed by atoms with Crippen molar-refractivity contribution >= 4 is 6.09 Å². The molecular formula is C13H18N2O2. The van der Waals surface area contributed by atoms with Gasteiger partial charge in [-0.25, -0.2) is 4.79 Å². The molecule has 17 heavy (non-hydrogen) atoms. The van der Waals surface area contributed by atoms with Crippen molar-refractivity contribution in [1.82, 2.24) is 4.90 Å². The van der Waals surface area contributed by atoms with Gasteiger partial charge in [0, 0.05) is 19.6 Å². The number of nitrogens with two attached hydrogens (primary N) is 1. The second-order valence-electron chi connectivity index (χ2n) is 4.40. The first-order valence-electron chi connectivity index (χ1n) is 5.96. The zero-order chi connectivity index (χ0) is 12.1. The number of rotatable bonds is 3. The third-order valence-electron chi connectivity index (χ3n) is 3.07. The molecule has 1 aromatic rings. The maximum absolute atomic E-state index is 10.6. The Morgan fingerprint density at radius 1 is 1.29 bits per heavy atom. The molecule has 1 amide bonds. The Morgan fingerprint density at radius 3 is 2.53 bits per heavy atom. The van der Waals surface area contributed by atoms with E-state index in [1.54, 1.807) is 0 Å². The molecule has 0 aliphatic carbocycles. The summed E-state index contributed by atoms with van der Waals surface area (Å²) < 4.78 is 5.00. The monoisotopic (exact) mass is 234 g/mol. The van der Waals surface area contributed by atoms with Crippen molar-refractivity contribution in [2.45, 2.75) is 25.5 Å². The molecule has 1 aliphatic heterocycles. The fourth-order valence-electron chi connectivity index (χ4n) is 2.19. The minimum atomic E-state index is -0.661. The molecule has 0 unspecified atom stereocenters. The Kier molecular flexibility index (Phi) is 3.98. The number of hydrogen-bond acceptors (Lipinski definition) is 3. The number of primary amides is 1. The van der Waals surface area contributed by atoms with E-state index >= 15 is 0 Å². The number of piperidine rings is 1. The lowest BCUT2D eigenvalue weighted by atomic mass is 10.1. The molecule has 92 valence electrons. The lowest BCUT2D eigenvalue weighted by Crippen LogP contribution is -2.38. The molecule has 1 aromatic carbocycles. The molecule has 1 heterocycles. The number of carbonyl (C=O) groups is 1. The Bertz CT molecular complexity index is 359. The van der Waals surface area contributed by atoms with Crippen LogP contribution in [0.3, 0.4) is 0 Å². The number of amides is 1. The molecule has 0 atom stereocenters. The van der Waals surface area contributed by atoms with Gasteiger partial charge in [-0.3, -0.25) is 4.90 Å². The molecule has 2 N–H and O–H groups in total. The molecule has 0 spiro atoms. The van der Waals surface area contributed by atoms with E-state index in [4.69, 9.17) is 10.5 Å². The van der Waals surface area contributed by atoms with Gasteiger partial charge in [0.15, 0.2) is 0 Å². The topological polar surface area (TPSA) is 55.6 Å². The van der Waals surface area contributed by atoms with Crippen molar-refractivity contribution < 1.29 is 9.53 Å². The first-order valence-corrected chi connectivity index (χ1v) is 5.96. The van der Waals surface area contributed by atoms with E-state index in [0.717, 1.165) is 32.5 Å². The fourth-order valence-corrected chi connectivity index (χ4v) is 2.19. The van der Waals surface area contributed by atoms with Crippen LogP contribution in [0.15, 0.2) is 30.3 Å². The van der Waals surface area contributed by atoms with Crippen LogP contribution in [0, 0.1) is 0 Å². The number of nitrogens with zero attached hydrogens (tertiary/aromatic N) is 1. The largest absolute Gasteiger partial charge is 0.446 e. The Labute approximate surface area is 101 Å². The van der Waals surface area contributed by atoms with Gasteiger partial charge < -0.3 is 10.5 Å². The predicted octanol–water partition coefficient (Wildman–Crippen LogP) is 1.75. The third-order valence-corrected chi connectivity index (χ3v) is 3.07. The molecule has 1 saturated heterocycles. The Hall–Kier alpha value is -1.55. The zero-order valence-corrected chi connectivity index (χ0v) is 9.84. The van der Waals surface area contributed by atoms with Crippen LogP contribution in [0.25, 0.3) is 0 Å². The van der Waals surface area contributed by atoms with E-state index in [9.17, 15) is 4.79 Å².